The van der Waals surface area contributed by atoms with Crippen LogP contribution in [0, 0.1) is 0 Å². The van der Waals surface area contributed by atoms with E-state index in [1.807, 2.05) is 0 Å². The summed E-state index contributed by atoms with van der Waals surface area (Å²) in [6.45, 7) is 3.46. The topological polar surface area (TPSA) is 66.4 Å². The third-order valence-electron chi connectivity index (χ3n) is 2.34. The number of nitrogens with one attached hydrogen (secondary N) is 1. The van der Waals surface area contributed by atoms with Gasteiger partial charge in [0.2, 0.25) is 5.91 Å². The molecule has 0 saturated heterocycles. The molecular formula is C11H9NO3. The Hall–Kier alpha value is -2.10. The fourth-order valence-corrected chi connectivity index (χ4v) is 1.54. The number of rotatable bonds is 2. The van der Waals surface area contributed by atoms with Crippen molar-refractivity contribution in [1.29, 1.82) is 0 Å². The fraction of sp³-hybridized carbons (Fsp3) is 0.0909. The summed E-state index contributed by atoms with van der Waals surface area (Å²) in [6.07, 6.45) is 0.302. The van der Waals surface area contributed by atoms with Crippen molar-refractivity contribution in [2.45, 2.75) is 6.42 Å². The van der Waals surface area contributed by atoms with Gasteiger partial charge in [0, 0.05) is 5.69 Å². The molecule has 0 radical (unpaired) electrons. The third-order valence-corrected chi connectivity index (χ3v) is 2.34. The van der Waals surface area contributed by atoms with Crippen molar-refractivity contribution in [1.82, 2.24) is 0 Å². The van der Waals surface area contributed by atoms with Crippen LogP contribution >= 0.6 is 0 Å². The molecule has 0 fully saturated rings. The van der Waals surface area contributed by atoms with Gasteiger partial charge < -0.3 is 10.4 Å². The van der Waals surface area contributed by atoms with Crippen molar-refractivity contribution in [3.8, 4) is 0 Å². The first-order chi connectivity index (χ1) is 7.08. The zero-order chi connectivity index (χ0) is 11.0. The maximum atomic E-state index is 11.1. The van der Waals surface area contributed by atoms with E-state index in [9.17, 15) is 9.59 Å². The Labute approximate surface area is 86.2 Å². The first kappa shape index (κ1) is 9.45. The number of carbonyl (C=O) groups excluding carboxylic acids is 1. The zero-order valence-corrected chi connectivity index (χ0v) is 7.91. The van der Waals surface area contributed by atoms with E-state index in [0.717, 1.165) is 11.3 Å². The van der Waals surface area contributed by atoms with Crippen LogP contribution in [0.3, 0.4) is 0 Å². The van der Waals surface area contributed by atoms with Crippen molar-refractivity contribution in [2.75, 3.05) is 5.32 Å². The van der Waals surface area contributed by atoms with Crippen molar-refractivity contribution in [3.05, 3.63) is 35.9 Å². The molecule has 0 bridgehead atoms. The van der Waals surface area contributed by atoms with E-state index in [1.54, 1.807) is 18.2 Å². The molecule has 4 heteroatoms. The lowest BCUT2D eigenvalue weighted by Crippen LogP contribution is -2.03. The Morgan fingerprint density at radius 3 is 2.87 bits per heavy atom. The van der Waals surface area contributed by atoms with Crippen LogP contribution in [0.4, 0.5) is 5.69 Å². The van der Waals surface area contributed by atoms with Crippen LogP contribution in [0.25, 0.3) is 5.57 Å². The second kappa shape index (κ2) is 3.24. The lowest BCUT2D eigenvalue weighted by molar-refractivity contribution is -0.130. The molecule has 1 amide bonds. The van der Waals surface area contributed by atoms with Gasteiger partial charge in [0.25, 0.3) is 0 Å². The molecule has 1 aromatic rings. The van der Waals surface area contributed by atoms with Crippen LogP contribution in [0.1, 0.15) is 11.1 Å². The van der Waals surface area contributed by atoms with E-state index in [1.165, 1.54) is 0 Å². The highest BCUT2D eigenvalue weighted by molar-refractivity contribution is 6.14. The zero-order valence-electron chi connectivity index (χ0n) is 7.91. The van der Waals surface area contributed by atoms with Crippen molar-refractivity contribution in [2.24, 2.45) is 0 Å². The number of fused-ring (bicyclic) bond motifs is 1. The Bertz CT molecular complexity index is 477. The summed E-state index contributed by atoms with van der Waals surface area (Å²) < 4.78 is 0. The molecule has 0 atom stereocenters. The molecule has 1 aromatic carbocycles. The fourth-order valence-electron chi connectivity index (χ4n) is 1.54. The molecule has 0 unspecified atom stereocenters. The number of carboxylic acid groups (broad SMARTS) is 1. The monoisotopic (exact) mass is 203 g/mol. The molecule has 0 aliphatic carbocycles. The van der Waals surface area contributed by atoms with Crippen LogP contribution in [0.15, 0.2) is 24.8 Å². The van der Waals surface area contributed by atoms with E-state index in [0.29, 0.717) is 12.0 Å². The number of hydrogen-bond donors (Lipinski definition) is 2. The van der Waals surface area contributed by atoms with Gasteiger partial charge in [-0.15, -0.1) is 0 Å². The van der Waals surface area contributed by atoms with Gasteiger partial charge >= 0.3 is 5.97 Å². The summed E-state index contributed by atoms with van der Waals surface area (Å²) in [5.41, 5.74) is 2.15. The Balaban J connectivity index is 2.39. The van der Waals surface area contributed by atoms with E-state index in [4.69, 9.17) is 5.11 Å². The van der Waals surface area contributed by atoms with E-state index in [2.05, 4.69) is 11.9 Å². The summed E-state index contributed by atoms with van der Waals surface area (Å²) >= 11 is 0. The largest absolute Gasteiger partial charge is 0.478 e. The maximum absolute atomic E-state index is 11.1. The second-order valence-corrected chi connectivity index (χ2v) is 3.38. The first-order valence-electron chi connectivity index (χ1n) is 4.43. The molecular weight excluding hydrogens is 194 g/mol. The lowest BCUT2D eigenvalue weighted by atomic mass is 10.0. The predicted octanol–water partition coefficient (Wildman–Crippen LogP) is 1.28. The molecule has 1 aliphatic heterocycles. The maximum Gasteiger partial charge on any atom is 0.335 e. The quantitative estimate of drug-likeness (QED) is 0.711. The molecule has 2 N–H and O–H groups in total. The summed E-state index contributed by atoms with van der Waals surface area (Å²) in [7, 11) is 0. The minimum Gasteiger partial charge on any atom is -0.478 e. The molecule has 0 spiro atoms. The number of benzene rings is 1. The summed E-state index contributed by atoms with van der Waals surface area (Å²) in [4.78, 5) is 21.7. The molecule has 4 nitrogen and oxygen atoms in total. The number of carboxylic acids is 1. The highest BCUT2D eigenvalue weighted by Crippen LogP contribution is 2.26. The highest BCUT2D eigenvalue weighted by atomic mass is 16.4. The van der Waals surface area contributed by atoms with Gasteiger partial charge in [0.05, 0.1) is 12.0 Å². The Morgan fingerprint density at radius 2 is 2.20 bits per heavy atom. The smallest absolute Gasteiger partial charge is 0.335 e. The number of carbonyl (C=O) groups is 2. The third kappa shape index (κ3) is 1.61. The standard InChI is InChI=1S/C11H9NO3/c1-6(11(14)15)7-2-3-9-8(4-7)5-10(13)12-9/h2-4H,1,5H2,(H,12,13)(H,14,15). The second-order valence-electron chi connectivity index (χ2n) is 3.38. The SMILES string of the molecule is C=C(C(=O)O)c1ccc2c(c1)CC(=O)N2. The average Bonchev–Trinajstić information content (AvgIpc) is 2.55. The van der Waals surface area contributed by atoms with Crippen LogP contribution in [0.5, 0.6) is 0 Å². The van der Waals surface area contributed by atoms with Crippen molar-refractivity contribution < 1.29 is 14.7 Å². The van der Waals surface area contributed by atoms with Gasteiger partial charge in [-0.25, -0.2) is 4.79 Å². The van der Waals surface area contributed by atoms with Gasteiger partial charge in [-0.3, -0.25) is 4.79 Å². The minimum absolute atomic E-state index is 0.0390. The van der Waals surface area contributed by atoms with E-state index >= 15 is 0 Å². The molecule has 1 heterocycles. The van der Waals surface area contributed by atoms with Gasteiger partial charge in [-0.1, -0.05) is 12.6 Å². The van der Waals surface area contributed by atoms with E-state index in [-0.39, 0.29) is 11.5 Å². The number of amides is 1. The Kier molecular flexibility index (Phi) is 2.04. The van der Waals surface area contributed by atoms with Crippen LogP contribution in [-0.4, -0.2) is 17.0 Å². The summed E-state index contributed by atoms with van der Waals surface area (Å²) in [5, 5.41) is 11.4. The van der Waals surface area contributed by atoms with E-state index < -0.39 is 5.97 Å². The predicted molar refractivity (Wildman–Crippen MR) is 55.4 cm³/mol. The van der Waals surface area contributed by atoms with Crippen LogP contribution in [0.2, 0.25) is 0 Å². The van der Waals surface area contributed by atoms with Crippen molar-refractivity contribution >= 4 is 23.1 Å². The first-order valence-corrected chi connectivity index (χ1v) is 4.43. The molecule has 15 heavy (non-hydrogen) atoms. The van der Waals surface area contributed by atoms with Crippen LogP contribution in [-0.2, 0) is 16.0 Å². The summed E-state index contributed by atoms with van der Waals surface area (Å²) in [5.74, 6) is -1.12. The molecule has 2 rings (SSSR count). The Morgan fingerprint density at radius 1 is 1.47 bits per heavy atom. The van der Waals surface area contributed by atoms with Gasteiger partial charge in [-0.05, 0) is 23.3 Å². The number of hydrogen-bond acceptors (Lipinski definition) is 2. The average molecular weight is 203 g/mol. The van der Waals surface area contributed by atoms with Gasteiger partial charge in [0.15, 0.2) is 0 Å². The van der Waals surface area contributed by atoms with Crippen molar-refractivity contribution in [3.63, 3.8) is 0 Å². The van der Waals surface area contributed by atoms with Crippen LogP contribution < -0.4 is 5.32 Å². The molecule has 0 saturated carbocycles. The van der Waals surface area contributed by atoms with Gasteiger partial charge in [0.1, 0.15) is 0 Å². The minimum atomic E-state index is -1.05. The molecule has 0 aromatic heterocycles. The normalized spacial score (nSPS) is 13.2. The van der Waals surface area contributed by atoms with Gasteiger partial charge in [-0.2, -0.15) is 0 Å². The molecule has 1 aliphatic rings. The lowest BCUT2D eigenvalue weighted by Gasteiger charge is -2.03. The highest BCUT2D eigenvalue weighted by Gasteiger charge is 2.18. The number of aliphatic carboxylic acids is 1. The molecule has 76 valence electrons. The number of anilines is 1. The summed E-state index contributed by atoms with van der Waals surface area (Å²) in [6, 6.07) is 5.02.